The van der Waals surface area contributed by atoms with Crippen LogP contribution >= 0.6 is 0 Å². The predicted molar refractivity (Wildman–Crippen MR) is 74.4 cm³/mol. The number of benzene rings is 1. The number of methoxy groups -OCH3 is 1. The van der Waals surface area contributed by atoms with E-state index in [-0.39, 0.29) is 0 Å². The number of ether oxygens (including phenoxy) is 1. The van der Waals surface area contributed by atoms with Gasteiger partial charge in [-0.05, 0) is 31.2 Å². The first-order valence-corrected chi connectivity index (χ1v) is 6.14. The van der Waals surface area contributed by atoms with Gasteiger partial charge in [-0.15, -0.1) is 0 Å². The van der Waals surface area contributed by atoms with E-state index >= 15 is 0 Å². The van der Waals surface area contributed by atoms with E-state index in [1.807, 2.05) is 36.4 Å². The topological polar surface area (TPSA) is 63.2 Å². The lowest BCUT2D eigenvalue weighted by atomic mass is 10.1. The Morgan fingerprint density at radius 1 is 1.20 bits per heavy atom. The van der Waals surface area contributed by atoms with Crippen molar-refractivity contribution in [2.75, 3.05) is 7.11 Å². The molecule has 2 aromatic heterocycles. The zero-order chi connectivity index (χ0) is 14.1. The van der Waals surface area contributed by atoms with Crippen molar-refractivity contribution in [3.8, 4) is 23.1 Å². The first-order chi connectivity index (χ1) is 9.74. The van der Waals surface area contributed by atoms with Crippen LogP contribution in [0.2, 0.25) is 0 Å². The second-order valence-electron chi connectivity index (χ2n) is 4.35. The fourth-order valence-electron chi connectivity index (χ4n) is 2.17. The molecule has 0 N–H and O–H groups in total. The van der Waals surface area contributed by atoms with Crippen molar-refractivity contribution >= 4 is 5.65 Å². The Bertz CT molecular complexity index is 829. The number of aromatic nitrogens is 3. The van der Waals surface area contributed by atoms with Crippen LogP contribution in [0.3, 0.4) is 0 Å². The van der Waals surface area contributed by atoms with Crippen LogP contribution in [-0.2, 0) is 0 Å². The molecule has 98 valence electrons. The van der Waals surface area contributed by atoms with E-state index in [1.165, 1.54) is 0 Å². The summed E-state index contributed by atoms with van der Waals surface area (Å²) < 4.78 is 6.91. The molecule has 5 heteroatoms. The largest absolute Gasteiger partial charge is 0.496 e. The molecule has 5 nitrogen and oxygen atoms in total. The minimum atomic E-state index is 0.455. The fraction of sp³-hybridized carbons (Fsp3) is 0.133. The molecule has 0 saturated carbocycles. The maximum absolute atomic E-state index is 9.19. The Balaban J connectivity index is 2.25. The van der Waals surface area contributed by atoms with Crippen molar-refractivity contribution in [3.05, 3.63) is 47.8 Å². The molecule has 3 aromatic rings. The van der Waals surface area contributed by atoms with Crippen molar-refractivity contribution in [2.45, 2.75) is 6.92 Å². The number of hydrogen-bond donors (Lipinski definition) is 0. The summed E-state index contributed by atoms with van der Waals surface area (Å²) in [7, 11) is 1.62. The molecule has 0 aliphatic carbocycles. The lowest BCUT2D eigenvalue weighted by Gasteiger charge is -2.07. The molecule has 0 aliphatic rings. The highest BCUT2D eigenvalue weighted by atomic mass is 16.5. The Kier molecular flexibility index (Phi) is 2.84. The smallest absolute Gasteiger partial charge is 0.165 e. The van der Waals surface area contributed by atoms with Gasteiger partial charge in [0.05, 0.1) is 18.5 Å². The monoisotopic (exact) mass is 264 g/mol. The van der Waals surface area contributed by atoms with Crippen LogP contribution in [0.1, 0.15) is 11.4 Å². The van der Waals surface area contributed by atoms with Crippen LogP contribution < -0.4 is 4.74 Å². The van der Waals surface area contributed by atoms with Crippen LogP contribution in [0.25, 0.3) is 16.9 Å². The Morgan fingerprint density at radius 2 is 2.00 bits per heavy atom. The number of imidazole rings is 1. The van der Waals surface area contributed by atoms with Crippen molar-refractivity contribution in [1.29, 1.82) is 5.26 Å². The van der Waals surface area contributed by atoms with Crippen molar-refractivity contribution in [1.82, 2.24) is 14.6 Å². The van der Waals surface area contributed by atoms with Crippen LogP contribution in [0.15, 0.2) is 36.4 Å². The zero-order valence-electron chi connectivity index (χ0n) is 11.2. The lowest BCUT2D eigenvalue weighted by Crippen LogP contribution is -1.98. The predicted octanol–water partition coefficient (Wildman–Crippen LogP) is 2.59. The highest BCUT2D eigenvalue weighted by Crippen LogP contribution is 2.28. The Morgan fingerprint density at radius 3 is 2.75 bits per heavy atom. The standard InChI is InChI=1S/C15H12N4O/c1-10-13(9-16)19-15(17-10)8-7-12(18-19)11-5-3-4-6-14(11)20-2/h3-8H,1-2H3. The number of fused-ring (bicyclic) bond motifs is 1. The summed E-state index contributed by atoms with van der Waals surface area (Å²) in [6.45, 7) is 1.80. The first-order valence-electron chi connectivity index (χ1n) is 6.14. The summed E-state index contributed by atoms with van der Waals surface area (Å²) in [5.74, 6) is 0.745. The van der Waals surface area contributed by atoms with Gasteiger partial charge in [-0.2, -0.15) is 10.4 Å². The molecule has 0 radical (unpaired) electrons. The van der Waals surface area contributed by atoms with E-state index in [0.717, 1.165) is 17.0 Å². The first kappa shape index (κ1) is 12.2. The Hall–Kier alpha value is -2.87. The molecular weight excluding hydrogens is 252 g/mol. The summed E-state index contributed by atoms with van der Waals surface area (Å²) in [6, 6.07) is 13.5. The zero-order valence-corrected chi connectivity index (χ0v) is 11.2. The summed E-state index contributed by atoms with van der Waals surface area (Å²) in [6.07, 6.45) is 0. The van der Waals surface area contributed by atoms with Gasteiger partial charge < -0.3 is 4.74 Å². The minimum absolute atomic E-state index is 0.455. The summed E-state index contributed by atoms with van der Waals surface area (Å²) in [4.78, 5) is 4.31. The summed E-state index contributed by atoms with van der Waals surface area (Å²) in [5, 5.41) is 13.7. The number of rotatable bonds is 2. The van der Waals surface area contributed by atoms with E-state index in [4.69, 9.17) is 4.74 Å². The van der Waals surface area contributed by atoms with E-state index in [2.05, 4.69) is 16.2 Å². The minimum Gasteiger partial charge on any atom is -0.496 e. The van der Waals surface area contributed by atoms with Crippen molar-refractivity contribution < 1.29 is 4.74 Å². The third kappa shape index (κ3) is 1.79. The molecule has 0 fully saturated rings. The van der Waals surface area contributed by atoms with Crippen molar-refractivity contribution in [2.24, 2.45) is 0 Å². The van der Waals surface area contributed by atoms with E-state index in [1.54, 1.807) is 18.5 Å². The maximum Gasteiger partial charge on any atom is 0.165 e. The molecule has 3 rings (SSSR count). The van der Waals surface area contributed by atoms with E-state index < -0.39 is 0 Å². The highest BCUT2D eigenvalue weighted by molar-refractivity contribution is 5.67. The van der Waals surface area contributed by atoms with Gasteiger partial charge in [-0.25, -0.2) is 9.50 Å². The van der Waals surface area contributed by atoms with Gasteiger partial charge in [0.1, 0.15) is 11.8 Å². The molecule has 2 heterocycles. The van der Waals surface area contributed by atoms with Crippen LogP contribution in [0.5, 0.6) is 5.75 Å². The second kappa shape index (κ2) is 4.67. The van der Waals surface area contributed by atoms with Gasteiger partial charge in [-0.1, -0.05) is 12.1 Å². The molecule has 1 aromatic carbocycles. The van der Waals surface area contributed by atoms with Gasteiger partial charge >= 0.3 is 0 Å². The number of hydrogen-bond acceptors (Lipinski definition) is 4. The molecular formula is C15H12N4O. The number of aryl methyl sites for hydroxylation is 1. The SMILES string of the molecule is COc1ccccc1-c1ccc2nc(C)c(C#N)n2n1. The van der Waals surface area contributed by atoms with E-state index in [9.17, 15) is 5.26 Å². The molecule has 0 spiro atoms. The van der Waals surface area contributed by atoms with Gasteiger partial charge in [0, 0.05) is 5.56 Å². The summed E-state index contributed by atoms with van der Waals surface area (Å²) >= 11 is 0. The maximum atomic E-state index is 9.19. The van der Waals surface area contributed by atoms with Crippen LogP contribution in [-0.4, -0.2) is 21.7 Å². The molecule has 0 aliphatic heterocycles. The lowest BCUT2D eigenvalue weighted by molar-refractivity contribution is 0.416. The third-order valence-corrected chi connectivity index (χ3v) is 3.14. The number of nitrogens with zero attached hydrogens (tertiary/aromatic N) is 4. The van der Waals surface area contributed by atoms with Gasteiger partial charge in [0.2, 0.25) is 0 Å². The van der Waals surface area contributed by atoms with Crippen molar-refractivity contribution in [3.63, 3.8) is 0 Å². The summed E-state index contributed by atoms with van der Waals surface area (Å²) in [5.41, 5.74) is 3.42. The van der Waals surface area contributed by atoms with Gasteiger partial charge in [0.25, 0.3) is 0 Å². The van der Waals surface area contributed by atoms with E-state index in [0.29, 0.717) is 17.0 Å². The second-order valence-corrected chi connectivity index (χ2v) is 4.35. The molecule has 0 amide bonds. The molecule has 0 saturated heterocycles. The van der Waals surface area contributed by atoms with Gasteiger partial charge in [-0.3, -0.25) is 0 Å². The third-order valence-electron chi connectivity index (χ3n) is 3.14. The molecule has 0 bridgehead atoms. The fourth-order valence-corrected chi connectivity index (χ4v) is 2.17. The highest BCUT2D eigenvalue weighted by Gasteiger charge is 2.12. The van der Waals surface area contributed by atoms with Crippen LogP contribution in [0, 0.1) is 18.3 Å². The normalized spacial score (nSPS) is 10.4. The average Bonchev–Trinajstić information content (AvgIpc) is 2.81. The quantitative estimate of drug-likeness (QED) is 0.713. The Labute approximate surface area is 116 Å². The average molecular weight is 264 g/mol. The molecule has 0 unspecified atom stereocenters. The molecule has 0 atom stereocenters. The molecule has 20 heavy (non-hydrogen) atoms. The van der Waals surface area contributed by atoms with Crippen LogP contribution in [0.4, 0.5) is 0 Å². The number of para-hydroxylation sites is 1. The van der Waals surface area contributed by atoms with Gasteiger partial charge in [0.15, 0.2) is 11.3 Å². The number of nitriles is 1.